The van der Waals surface area contributed by atoms with Gasteiger partial charge < -0.3 is 5.11 Å². The SMILES string of the molecule is CCC1=C(C)C(O)CC1=O. The van der Waals surface area contributed by atoms with Crippen molar-refractivity contribution in [2.75, 3.05) is 0 Å². The second-order valence-corrected chi connectivity index (χ2v) is 2.66. The molecule has 2 heteroatoms. The number of carbonyl (C=O) groups excluding carboxylic acids is 1. The van der Waals surface area contributed by atoms with Crippen LogP contribution in [0.2, 0.25) is 0 Å². The van der Waals surface area contributed by atoms with E-state index in [0.717, 1.165) is 17.6 Å². The molecule has 0 amide bonds. The Kier molecular flexibility index (Phi) is 1.90. The summed E-state index contributed by atoms with van der Waals surface area (Å²) in [6, 6.07) is 0. The molecule has 1 rings (SSSR count). The highest BCUT2D eigenvalue weighted by Crippen LogP contribution is 2.24. The van der Waals surface area contributed by atoms with Crippen molar-refractivity contribution in [1.82, 2.24) is 0 Å². The van der Waals surface area contributed by atoms with E-state index in [0.29, 0.717) is 6.42 Å². The third-order valence-corrected chi connectivity index (χ3v) is 2.04. The molecule has 1 atom stereocenters. The molecule has 56 valence electrons. The van der Waals surface area contributed by atoms with Gasteiger partial charge >= 0.3 is 0 Å². The first-order valence-electron chi connectivity index (χ1n) is 3.57. The average Bonchev–Trinajstić information content (AvgIpc) is 2.09. The number of Topliss-reactive ketones (excluding diaryl/α,β-unsaturated/α-hetero) is 1. The minimum atomic E-state index is -0.498. The lowest BCUT2D eigenvalue weighted by molar-refractivity contribution is -0.115. The van der Waals surface area contributed by atoms with Gasteiger partial charge in [-0.15, -0.1) is 0 Å². The van der Waals surface area contributed by atoms with Crippen LogP contribution in [0.1, 0.15) is 26.7 Å². The second-order valence-electron chi connectivity index (χ2n) is 2.66. The predicted molar refractivity (Wildman–Crippen MR) is 38.6 cm³/mol. The summed E-state index contributed by atoms with van der Waals surface area (Å²) in [6.45, 7) is 3.77. The van der Waals surface area contributed by atoms with Crippen LogP contribution in [0.25, 0.3) is 0 Å². The third-order valence-electron chi connectivity index (χ3n) is 2.04. The van der Waals surface area contributed by atoms with Gasteiger partial charge in [-0.3, -0.25) is 4.79 Å². The summed E-state index contributed by atoms with van der Waals surface area (Å²) in [5, 5.41) is 9.19. The maximum atomic E-state index is 11.0. The molecule has 2 nitrogen and oxygen atoms in total. The predicted octanol–water partition coefficient (Wildman–Crippen LogP) is 1.05. The summed E-state index contributed by atoms with van der Waals surface area (Å²) in [5.74, 6) is 0.118. The molecule has 0 aromatic carbocycles. The summed E-state index contributed by atoms with van der Waals surface area (Å²) in [5.41, 5.74) is 1.69. The molecule has 10 heavy (non-hydrogen) atoms. The molecule has 1 unspecified atom stereocenters. The van der Waals surface area contributed by atoms with Crippen LogP contribution in [0.15, 0.2) is 11.1 Å². The number of carbonyl (C=O) groups is 1. The molecule has 0 fully saturated rings. The highest BCUT2D eigenvalue weighted by atomic mass is 16.3. The van der Waals surface area contributed by atoms with E-state index in [-0.39, 0.29) is 5.78 Å². The van der Waals surface area contributed by atoms with Gasteiger partial charge in [0.05, 0.1) is 6.10 Å². The molecule has 1 aliphatic carbocycles. The van der Waals surface area contributed by atoms with Crippen LogP contribution in [-0.2, 0) is 4.79 Å². The molecule has 0 bridgehead atoms. The monoisotopic (exact) mass is 140 g/mol. The molecule has 0 aromatic rings. The van der Waals surface area contributed by atoms with Gasteiger partial charge in [-0.05, 0) is 24.5 Å². The second kappa shape index (κ2) is 2.54. The molecule has 0 saturated heterocycles. The number of allylic oxidation sites excluding steroid dienone is 1. The van der Waals surface area contributed by atoms with E-state index >= 15 is 0 Å². The third kappa shape index (κ3) is 0.991. The van der Waals surface area contributed by atoms with E-state index in [1.165, 1.54) is 0 Å². The molecule has 0 heterocycles. The van der Waals surface area contributed by atoms with Gasteiger partial charge in [0.1, 0.15) is 0 Å². The molecule has 0 aliphatic heterocycles. The normalized spacial score (nSPS) is 26.3. The lowest BCUT2D eigenvalue weighted by atomic mass is 10.1. The highest BCUT2D eigenvalue weighted by Gasteiger charge is 2.25. The molecular formula is C8H12O2. The Morgan fingerprint density at radius 2 is 2.30 bits per heavy atom. The van der Waals surface area contributed by atoms with Crippen molar-refractivity contribution in [2.24, 2.45) is 0 Å². The summed E-state index contributed by atoms with van der Waals surface area (Å²) < 4.78 is 0. The number of hydrogen-bond acceptors (Lipinski definition) is 2. The van der Waals surface area contributed by atoms with Crippen LogP contribution in [0.4, 0.5) is 0 Å². The van der Waals surface area contributed by atoms with Crippen molar-refractivity contribution in [3.8, 4) is 0 Å². The molecule has 0 spiro atoms. The van der Waals surface area contributed by atoms with E-state index in [1.807, 2.05) is 13.8 Å². The van der Waals surface area contributed by atoms with E-state index in [9.17, 15) is 9.90 Å². The minimum Gasteiger partial charge on any atom is -0.388 e. The molecule has 0 saturated carbocycles. The van der Waals surface area contributed by atoms with Gasteiger partial charge in [-0.25, -0.2) is 0 Å². The molecule has 0 radical (unpaired) electrons. The Morgan fingerprint density at radius 1 is 1.70 bits per heavy atom. The van der Waals surface area contributed by atoms with E-state index < -0.39 is 6.10 Å². The Labute approximate surface area is 60.6 Å². The van der Waals surface area contributed by atoms with Crippen LogP contribution < -0.4 is 0 Å². The largest absolute Gasteiger partial charge is 0.388 e. The zero-order chi connectivity index (χ0) is 7.72. The topological polar surface area (TPSA) is 37.3 Å². The maximum Gasteiger partial charge on any atom is 0.161 e. The zero-order valence-electron chi connectivity index (χ0n) is 6.35. The van der Waals surface area contributed by atoms with E-state index in [2.05, 4.69) is 0 Å². The molecule has 1 N–H and O–H groups in total. The van der Waals surface area contributed by atoms with Crippen molar-refractivity contribution < 1.29 is 9.90 Å². The van der Waals surface area contributed by atoms with Crippen LogP contribution in [-0.4, -0.2) is 17.0 Å². The van der Waals surface area contributed by atoms with Crippen LogP contribution in [0.3, 0.4) is 0 Å². The zero-order valence-corrected chi connectivity index (χ0v) is 6.35. The van der Waals surface area contributed by atoms with Crippen molar-refractivity contribution in [3.05, 3.63) is 11.1 Å². The fourth-order valence-electron chi connectivity index (χ4n) is 1.35. The average molecular weight is 140 g/mol. The fourth-order valence-corrected chi connectivity index (χ4v) is 1.35. The maximum absolute atomic E-state index is 11.0. The number of hydrogen-bond donors (Lipinski definition) is 1. The Hall–Kier alpha value is -0.630. The van der Waals surface area contributed by atoms with Crippen molar-refractivity contribution >= 4 is 5.78 Å². The Bertz CT molecular complexity index is 191. The Morgan fingerprint density at radius 3 is 2.50 bits per heavy atom. The van der Waals surface area contributed by atoms with Crippen LogP contribution in [0.5, 0.6) is 0 Å². The molecule has 1 aliphatic rings. The highest BCUT2D eigenvalue weighted by molar-refractivity contribution is 5.99. The first kappa shape index (κ1) is 7.48. The lowest BCUT2D eigenvalue weighted by Gasteiger charge is -1.99. The number of ketones is 1. The summed E-state index contributed by atoms with van der Waals surface area (Å²) in [6.07, 6.45) is 0.555. The molecule has 0 aromatic heterocycles. The standard InChI is InChI=1S/C8H12O2/c1-3-6-5(2)7(9)4-8(6)10/h7,9H,3-4H2,1-2H3. The van der Waals surface area contributed by atoms with Gasteiger partial charge in [0.15, 0.2) is 5.78 Å². The fraction of sp³-hybridized carbons (Fsp3) is 0.625. The lowest BCUT2D eigenvalue weighted by Crippen LogP contribution is -2.03. The summed E-state index contributed by atoms with van der Waals surface area (Å²) in [4.78, 5) is 11.0. The van der Waals surface area contributed by atoms with Gasteiger partial charge in [0, 0.05) is 6.42 Å². The first-order chi connectivity index (χ1) is 4.66. The molecular weight excluding hydrogens is 128 g/mol. The van der Waals surface area contributed by atoms with Crippen LogP contribution in [0, 0.1) is 0 Å². The van der Waals surface area contributed by atoms with Crippen molar-refractivity contribution in [1.29, 1.82) is 0 Å². The van der Waals surface area contributed by atoms with E-state index in [4.69, 9.17) is 0 Å². The van der Waals surface area contributed by atoms with Crippen molar-refractivity contribution in [3.63, 3.8) is 0 Å². The summed E-state index contributed by atoms with van der Waals surface area (Å²) >= 11 is 0. The van der Waals surface area contributed by atoms with Gasteiger partial charge in [0.2, 0.25) is 0 Å². The van der Waals surface area contributed by atoms with Gasteiger partial charge in [-0.2, -0.15) is 0 Å². The first-order valence-corrected chi connectivity index (χ1v) is 3.57. The van der Waals surface area contributed by atoms with Gasteiger partial charge in [-0.1, -0.05) is 6.92 Å². The van der Waals surface area contributed by atoms with Crippen molar-refractivity contribution in [2.45, 2.75) is 32.8 Å². The number of aliphatic hydroxyl groups excluding tert-OH is 1. The number of aliphatic hydroxyl groups is 1. The Balaban J connectivity index is 2.90. The summed E-state index contributed by atoms with van der Waals surface area (Å²) in [7, 11) is 0. The number of rotatable bonds is 1. The van der Waals surface area contributed by atoms with Gasteiger partial charge in [0.25, 0.3) is 0 Å². The van der Waals surface area contributed by atoms with Crippen LogP contribution >= 0.6 is 0 Å². The quantitative estimate of drug-likeness (QED) is 0.591. The minimum absolute atomic E-state index is 0.118. The van der Waals surface area contributed by atoms with E-state index in [1.54, 1.807) is 0 Å². The smallest absolute Gasteiger partial charge is 0.161 e.